The van der Waals surface area contributed by atoms with Crippen molar-refractivity contribution in [2.75, 3.05) is 38.0 Å². The van der Waals surface area contributed by atoms with Crippen LogP contribution in [-0.4, -0.2) is 60.4 Å². The van der Waals surface area contributed by atoms with E-state index in [9.17, 15) is 22.8 Å². The van der Waals surface area contributed by atoms with Crippen LogP contribution in [0.25, 0.3) is 0 Å². The topological polar surface area (TPSA) is 61.9 Å². The predicted molar refractivity (Wildman–Crippen MR) is 114 cm³/mol. The minimum Gasteiger partial charge on any atom is -0.481 e. The van der Waals surface area contributed by atoms with Crippen LogP contribution < -0.4 is 10.1 Å². The number of benzene rings is 2. The number of carbonyl (C=O) groups excluding carboxylic acids is 2. The van der Waals surface area contributed by atoms with E-state index in [1.165, 1.54) is 18.2 Å². The third-order valence-corrected chi connectivity index (χ3v) is 5.23. The first-order chi connectivity index (χ1) is 15.3. The highest BCUT2D eigenvalue weighted by atomic mass is 19.4. The van der Waals surface area contributed by atoms with Crippen molar-refractivity contribution in [3.63, 3.8) is 0 Å². The summed E-state index contributed by atoms with van der Waals surface area (Å²) in [6.45, 7) is 3.56. The first kappa shape index (κ1) is 23.6. The Morgan fingerprint density at radius 2 is 1.62 bits per heavy atom. The number of piperazine rings is 1. The lowest BCUT2D eigenvalue weighted by atomic mass is 10.1. The maximum atomic E-state index is 13.1. The van der Waals surface area contributed by atoms with Crippen molar-refractivity contribution in [3.05, 3.63) is 60.2 Å². The van der Waals surface area contributed by atoms with E-state index < -0.39 is 23.8 Å². The normalized spacial score (nSPS) is 15.8. The molecular formula is C23H26F3N3O3. The van der Waals surface area contributed by atoms with Crippen LogP contribution in [0.3, 0.4) is 0 Å². The number of nitrogens with zero attached hydrogens (tertiary/aromatic N) is 2. The molecule has 0 bridgehead atoms. The predicted octanol–water partition coefficient (Wildman–Crippen LogP) is 3.65. The zero-order valence-corrected chi connectivity index (χ0v) is 17.8. The van der Waals surface area contributed by atoms with Gasteiger partial charge in [0.1, 0.15) is 5.75 Å². The Hall–Kier alpha value is -3.07. The number of ether oxygens (including phenoxy) is 1. The molecule has 0 aromatic heterocycles. The number of amides is 2. The van der Waals surface area contributed by atoms with Gasteiger partial charge in [-0.1, -0.05) is 37.3 Å². The summed E-state index contributed by atoms with van der Waals surface area (Å²) >= 11 is 0. The molecule has 1 aliphatic rings. The molecule has 1 atom stereocenters. The van der Waals surface area contributed by atoms with Gasteiger partial charge in [0.2, 0.25) is 5.91 Å². The second-order valence-electron chi connectivity index (χ2n) is 7.52. The first-order valence-electron chi connectivity index (χ1n) is 10.5. The van der Waals surface area contributed by atoms with Gasteiger partial charge in [-0.05, 0) is 30.7 Å². The molecule has 1 heterocycles. The van der Waals surface area contributed by atoms with Crippen LogP contribution >= 0.6 is 0 Å². The molecule has 172 valence electrons. The van der Waals surface area contributed by atoms with Crippen LogP contribution in [0.4, 0.5) is 18.9 Å². The van der Waals surface area contributed by atoms with Gasteiger partial charge in [-0.15, -0.1) is 0 Å². The van der Waals surface area contributed by atoms with Crippen LogP contribution in [0.1, 0.15) is 18.9 Å². The average molecular weight is 449 g/mol. The largest absolute Gasteiger partial charge is 0.481 e. The molecule has 9 heteroatoms. The lowest BCUT2D eigenvalue weighted by Crippen LogP contribution is -2.53. The van der Waals surface area contributed by atoms with Crippen LogP contribution in [0.2, 0.25) is 0 Å². The van der Waals surface area contributed by atoms with E-state index in [0.29, 0.717) is 38.3 Å². The molecule has 0 saturated carbocycles. The van der Waals surface area contributed by atoms with Gasteiger partial charge in [-0.2, -0.15) is 13.2 Å². The second-order valence-corrected chi connectivity index (χ2v) is 7.52. The van der Waals surface area contributed by atoms with Gasteiger partial charge in [0, 0.05) is 26.2 Å². The fourth-order valence-electron chi connectivity index (χ4n) is 3.53. The molecular weight excluding hydrogens is 423 g/mol. The maximum absolute atomic E-state index is 13.1. The first-order valence-corrected chi connectivity index (χ1v) is 10.5. The van der Waals surface area contributed by atoms with Gasteiger partial charge in [-0.3, -0.25) is 14.5 Å². The summed E-state index contributed by atoms with van der Waals surface area (Å²) in [6.07, 6.45) is -4.62. The Balaban J connectivity index is 1.50. The van der Waals surface area contributed by atoms with Crippen LogP contribution in [0.5, 0.6) is 5.75 Å². The van der Waals surface area contributed by atoms with Gasteiger partial charge in [0.05, 0.1) is 17.8 Å². The van der Waals surface area contributed by atoms with E-state index in [2.05, 4.69) is 5.32 Å². The molecule has 6 nitrogen and oxygen atoms in total. The number of para-hydroxylation sites is 2. The van der Waals surface area contributed by atoms with Crippen molar-refractivity contribution in [2.24, 2.45) is 0 Å². The fraction of sp³-hybridized carbons (Fsp3) is 0.391. The van der Waals surface area contributed by atoms with Crippen molar-refractivity contribution < 1.29 is 27.5 Å². The van der Waals surface area contributed by atoms with E-state index in [-0.39, 0.29) is 18.1 Å². The van der Waals surface area contributed by atoms with Crippen LogP contribution in [0.15, 0.2) is 54.6 Å². The molecule has 0 unspecified atom stereocenters. The molecule has 1 saturated heterocycles. The molecule has 1 fully saturated rings. The number of hydrogen-bond acceptors (Lipinski definition) is 4. The number of carbonyl (C=O) groups is 2. The van der Waals surface area contributed by atoms with E-state index in [4.69, 9.17) is 4.74 Å². The SMILES string of the molecule is CC[C@H](Oc1ccccc1)C(=O)N1CCN(CC(=O)Nc2ccccc2C(F)(F)F)CC1. The summed E-state index contributed by atoms with van der Waals surface area (Å²) in [6, 6.07) is 14.0. The number of hydrogen-bond donors (Lipinski definition) is 1. The Bertz CT molecular complexity index is 913. The third kappa shape index (κ3) is 6.23. The molecule has 2 aromatic carbocycles. The highest BCUT2D eigenvalue weighted by Crippen LogP contribution is 2.34. The second kappa shape index (κ2) is 10.5. The van der Waals surface area contributed by atoms with Gasteiger partial charge in [-0.25, -0.2) is 0 Å². The zero-order valence-electron chi connectivity index (χ0n) is 17.8. The molecule has 32 heavy (non-hydrogen) atoms. The monoisotopic (exact) mass is 449 g/mol. The number of anilines is 1. The number of halogens is 3. The van der Waals surface area contributed by atoms with E-state index in [0.717, 1.165) is 6.07 Å². The van der Waals surface area contributed by atoms with Crippen LogP contribution in [-0.2, 0) is 15.8 Å². The van der Waals surface area contributed by atoms with Crippen molar-refractivity contribution in [2.45, 2.75) is 25.6 Å². The van der Waals surface area contributed by atoms with E-state index in [1.54, 1.807) is 17.0 Å². The summed E-state index contributed by atoms with van der Waals surface area (Å²) in [4.78, 5) is 28.7. The van der Waals surface area contributed by atoms with Crippen LogP contribution in [0, 0.1) is 0 Å². The Labute approximate surface area is 184 Å². The highest BCUT2D eigenvalue weighted by molar-refractivity contribution is 5.93. The Morgan fingerprint density at radius 1 is 1.00 bits per heavy atom. The van der Waals surface area contributed by atoms with Gasteiger partial charge in [0.25, 0.3) is 5.91 Å². The highest BCUT2D eigenvalue weighted by Gasteiger charge is 2.34. The number of alkyl halides is 3. The van der Waals surface area contributed by atoms with Crippen molar-refractivity contribution in [1.29, 1.82) is 0 Å². The molecule has 2 aromatic rings. The Kier molecular flexibility index (Phi) is 7.74. The minimum atomic E-state index is -4.55. The lowest BCUT2D eigenvalue weighted by Gasteiger charge is -2.36. The molecule has 3 rings (SSSR count). The van der Waals surface area contributed by atoms with E-state index in [1.807, 2.05) is 30.0 Å². The number of rotatable bonds is 7. The smallest absolute Gasteiger partial charge is 0.418 e. The molecule has 0 aliphatic carbocycles. The van der Waals surface area contributed by atoms with E-state index >= 15 is 0 Å². The quantitative estimate of drug-likeness (QED) is 0.701. The van der Waals surface area contributed by atoms with Crippen molar-refractivity contribution in [1.82, 2.24) is 9.80 Å². The van der Waals surface area contributed by atoms with Crippen molar-refractivity contribution in [3.8, 4) is 5.75 Å². The Morgan fingerprint density at radius 3 is 2.25 bits per heavy atom. The third-order valence-electron chi connectivity index (χ3n) is 5.23. The minimum absolute atomic E-state index is 0.0497. The summed E-state index contributed by atoms with van der Waals surface area (Å²) in [5, 5.41) is 2.35. The van der Waals surface area contributed by atoms with Gasteiger partial charge in [0.15, 0.2) is 6.10 Å². The number of nitrogens with one attached hydrogen (secondary N) is 1. The summed E-state index contributed by atoms with van der Waals surface area (Å²) in [5.41, 5.74) is -1.14. The molecule has 1 N–H and O–H groups in total. The molecule has 1 aliphatic heterocycles. The maximum Gasteiger partial charge on any atom is 0.418 e. The summed E-state index contributed by atoms with van der Waals surface area (Å²) in [5.74, 6) is -0.0120. The van der Waals surface area contributed by atoms with Crippen molar-refractivity contribution >= 4 is 17.5 Å². The summed E-state index contributed by atoms with van der Waals surface area (Å²) < 4.78 is 45.1. The summed E-state index contributed by atoms with van der Waals surface area (Å²) in [7, 11) is 0. The lowest BCUT2D eigenvalue weighted by molar-refractivity contribution is -0.140. The average Bonchev–Trinajstić information content (AvgIpc) is 2.78. The zero-order chi connectivity index (χ0) is 23.1. The van der Waals surface area contributed by atoms with Gasteiger partial charge >= 0.3 is 6.18 Å². The standard InChI is InChI=1S/C23H26F3N3O3/c1-2-20(32-17-8-4-3-5-9-17)22(31)29-14-12-28(13-15-29)16-21(30)27-19-11-7-6-10-18(19)23(24,25)26/h3-11,20H,2,12-16H2,1H3,(H,27,30)/t20-/m0/s1. The molecule has 0 spiro atoms. The molecule has 2 amide bonds. The molecule has 0 radical (unpaired) electrons. The van der Waals surface area contributed by atoms with Gasteiger partial charge < -0.3 is 15.0 Å². The fourth-order valence-corrected chi connectivity index (χ4v) is 3.53.